The lowest BCUT2D eigenvalue weighted by atomic mass is 10.2. The van der Waals surface area contributed by atoms with E-state index in [2.05, 4.69) is 5.32 Å². The zero-order valence-corrected chi connectivity index (χ0v) is 20.4. The fraction of sp³-hybridized carbons (Fsp3) is 0.360. The van der Waals surface area contributed by atoms with Crippen LogP contribution in [0, 0.1) is 0 Å². The molecule has 0 radical (unpaired) electrons. The van der Waals surface area contributed by atoms with Crippen LogP contribution in [0.4, 0.5) is 10.5 Å². The minimum atomic E-state index is -0.481. The van der Waals surface area contributed by atoms with Crippen LogP contribution in [0.1, 0.15) is 20.8 Å². The molecule has 1 aromatic heterocycles. The van der Waals surface area contributed by atoms with Gasteiger partial charge in [-0.1, -0.05) is 17.7 Å². The highest BCUT2D eigenvalue weighted by atomic mass is 35.5. The molecule has 0 saturated heterocycles. The molecule has 3 aromatic rings. The molecule has 2 aromatic carbocycles. The lowest BCUT2D eigenvalue weighted by Crippen LogP contribution is -2.33. The molecule has 0 spiro atoms. The fourth-order valence-corrected chi connectivity index (χ4v) is 3.67. The van der Waals surface area contributed by atoms with Crippen molar-refractivity contribution in [2.75, 3.05) is 38.2 Å². The number of carbonyl (C=O) groups excluding carboxylic acids is 2. The summed E-state index contributed by atoms with van der Waals surface area (Å²) in [5.41, 5.74) is 1.29. The molecular weight excluding hydrogens is 458 g/mol. The van der Waals surface area contributed by atoms with Gasteiger partial charge in [0.2, 0.25) is 0 Å². The number of hydrogen-bond acceptors (Lipinski definition) is 5. The number of ether oxygens (including phenoxy) is 3. The SMILES string of the molecule is CCOCCn1ccc2c(NC(=O)COc3cccc(Cl)c3)c(OC(=O)N(CC)CC)ccc21. The molecule has 0 unspecified atom stereocenters. The summed E-state index contributed by atoms with van der Waals surface area (Å²) in [6, 6.07) is 12.2. The molecule has 0 aliphatic rings. The van der Waals surface area contributed by atoms with Crippen molar-refractivity contribution in [2.24, 2.45) is 0 Å². The molecule has 0 atom stereocenters. The number of fused-ring (bicyclic) bond motifs is 1. The topological polar surface area (TPSA) is 82.0 Å². The first-order valence-electron chi connectivity index (χ1n) is 11.3. The Morgan fingerprint density at radius 3 is 2.59 bits per heavy atom. The van der Waals surface area contributed by atoms with E-state index >= 15 is 0 Å². The molecule has 8 nitrogen and oxygen atoms in total. The number of anilines is 1. The van der Waals surface area contributed by atoms with E-state index in [1.165, 1.54) is 0 Å². The number of hydrogen-bond donors (Lipinski definition) is 1. The summed E-state index contributed by atoms with van der Waals surface area (Å²) in [6.45, 7) is 8.36. The molecule has 1 heterocycles. The van der Waals surface area contributed by atoms with Crippen LogP contribution >= 0.6 is 11.6 Å². The van der Waals surface area contributed by atoms with E-state index in [9.17, 15) is 9.59 Å². The highest BCUT2D eigenvalue weighted by Crippen LogP contribution is 2.34. The van der Waals surface area contributed by atoms with Crippen molar-refractivity contribution < 1.29 is 23.8 Å². The smallest absolute Gasteiger partial charge is 0.415 e. The summed E-state index contributed by atoms with van der Waals surface area (Å²) < 4.78 is 18.7. The summed E-state index contributed by atoms with van der Waals surface area (Å²) in [4.78, 5) is 26.9. The molecule has 3 rings (SSSR count). The molecular formula is C25H30ClN3O5. The Bertz CT molecular complexity index is 1130. The number of carbonyl (C=O) groups is 2. The second-order valence-corrected chi connectivity index (χ2v) is 7.85. The standard InChI is InChI=1S/C25H30ClN3O5/c1-4-28(5-2)25(31)34-22-11-10-21-20(12-13-29(21)14-15-32-6-3)24(22)27-23(30)17-33-19-9-7-8-18(26)16-19/h7-13,16H,4-6,14-15,17H2,1-3H3,(H,27,30). The molecule has 34 heavy (non-hydrogen) atoms. The number of halogens is 1. The van der Waals surface area contributed by atoms with Gasteiger partial charge in [-0.15, -0.1) is 0 Å². The number of nitrogens with zero attached hydrogens (tertiary/aromatic N) is 2. The van der Waals surface area contributed by atoms with Crippen molar-refractivity contribution in [3.8, 4) is 11.5 Å². The van der Waals surface area contributed by atoms with Gasteiger partial charge in [0.05, 0.1) is 17.8 Å². The zero-order chi connectivity index (χ0) is 24.5. The van der Waals surface area contributed by atoms with Crippen LogP contribution in [0.3, 0.4) is 0 Å². The maximum atomic E-state index is 12.8. The molecule has 2 amide bonds. The van der Waals surface area contributed by atoms with Gasteiger partial charge in [0.1, 0.15) is 5.75 Å². The third-order valence-electron chi connectivity index (χ3n) is 5.24. The number of amides is 2. The highest BCUT2D eigenvalue weighted by molar-refractivity contribution is 6.30. The van der Waals surface area contributed by atoms with Crippen molar-refractivity contribution in [3.63, 3.8) is 0 Å². The van der Waals surface area contributed by atoms with Gasteiger partial charge in [-0.25, -0.2) is 4.79 Å². The highest BCUT2D eigenvalue weighted by Gasteiger charge is 2.19. The predicted octanol–water partition coefficient (Wildman–Crippen LogP) is 5.19. The van der Waals surface area contributed by atoms with E-state index < -0.39 is 12.0 Å². The van der Waals surface area contributed by atoms with E-state index in [0.29, 0.717) is 49.3 Å². The summed E-state index contributed by atoms with van der Waals surface area (Å²) in [5, 5.41) is 4.13. The van der Waals surface area contributed by atoms with Crippen LogP contribution in [-0.4, -0.2) is 54.4 Å². The van der Waals surface area contributed by atoms with Gasteiger partial charge < -0.3 is 29.0 Å². The third-order valence-corrected chi connectivity index (χ3v) is 5.48. The van der Waals surface area contributed by atoms with E-state index in [0.717, 1.165) is 10.9 Å². The van der Waals surface area contributed by atoms with Crippen LogP contribution in [0.2, 0.25) is 5.02 Å². The van der Waals surface area contributed by atoms with Gasteiger partial charge in [-0.3, -0.25) is 4.79 Å². The minimum absolute atomic E-state index is 0.231. The molecule has 182 valence electrons. The average Bonchev–Trinajstić information content (AvgIpc) is 3.23. The van der Waals surface area contributed by atoms with Gasteiger partial charge in [0.25, 0.3) is 5.91 Å². The van der Waals surface area contributed by atoms with Crippen LogP contribution in [0.25, 0.3) is 10.9 Å². The maximum absolute atomic E-state index is 12.8. The summed E-state index contributed by atoms with van der Waals surface area (Å²) in [7, 11) is 0. The van der Waals surface area contributed by atoms with Crippen LogP contribution in [-0.2, 0) is 16.1 Å². The van der Waals surface area contributed by atoms with Crippen molar-refractivity contribution in [1.29, 1.82) is 0 Å². The molecule has 9 heteroatoms. The second-order valence-electron chi connectivity index (χ2n) is 7.41. The number of rotatable bonds is 11. The molecule has 0 aliphatic heterocycles. The Morgan fingerprint density at radius 1 is 1.09 bits per heavy atom. The Hall–Kier alpha value is -3.23. The van der Waals surface area contributed by atoms with Gasteiger partial charge in [-0.05, 0) is 57.2 Å². The minimum Gasteiger partial charge on any atom is -0.484 e. The van der Waals surface area contributed by atoms with Gasteiger partial charge in [0.15, 0.2) is 12.4 Å². The Balaban J connectivity index is 1.86. The monoisotopic (exact) mass is 487 g/mol. The van der Waals surface area contributed by atoms with Crippen LogP contribution in [0.5, 0.6) is 11.5 Å². The van der Waals surface area contributed by atoms with Crippen molar-refractivity contribution >= 4 is 40.2 Å². The Morgan fingerprint density at radius 2 is 1.88 bits per heavy atom. The number of benzene rings is 2. The van der Waals surface area contributed by atoms with Gasteiger partial charge in [-0.2, -0.15) is 0 Å². The molecule has 1 N–H and O–H groups in total. The van der Waals surface area contributed by atoms with Crippen molar-refractivity contribution in [3.05, 3.63) is 53.7 Å². The maximum Gasteiger partial charge on any atom is 0.415 e. The lowest BCUT2D eigenvalue weighted by Gasteiger charge is -2.20. The zero-order valence-electron chi connectivity index (χ0n) is 19.7. The first-order valence-corrected chi connectivity index (χ1v) is 11.7. The van der Waals surface area contributed by atoms with Crippen molar-refractivity contribution in [2.45, 2.75) is 27.3 Å². The first kappa shape index (κ1) is 25.4. The largest absolute Gasteiger partial charge is 0.484 e. The first-order chi connectivity index (χ1) is 16.5. The summed E-state index contributed by atoms with van der Waals surface area (Å²) in [5.74, 6) is 0.355. The second kappa shape index (κ2) is 12.3. The van der Waals surface area contributed by atoms with Crippen molar-refractivity contribution in [1.82, 2.24) is 9.47 Å². The predicted molar refractivity (Wildman–Crippen MR) is 133 cm³/mol. The average molecular weight is 488 g/mol. The van der Waals surface area contributed by atoms with E-state index in [1.54, 1.807) is 35.2 Å². The fourth-order valence-electron chi connectivity index (χ4n) is 3.49. The van der Waals surface area contributed by atoms with Crippen LogP contribution in [0.15, 0.2) is 48.7 Å². The molecule has 0 fully saturated rings. The molecule has 0 aliphatic carbocycles. The summed E-state index contributed by atoms with van der Waals surface area (Å²) >= 11 is 5.98. The normalized spacial score (nSPS) is 10.8. The Labute approximate surface area is 204 Å². The third kappa shape index (κ3) is 6.42. The lowest BCUT2D eigenvalue weighted by molar-refractivity contribution is -0.118. The Kier molecular flexibility index (Phi) is 9.18. The quantitative estimate of drug-likeness (QED) is 0.376. The number of nitrogens with one attached hydrogen (secondary N) is 1. The van der Waals surface area contributed by atoms with Gasteiger partial charge in [0, 0.05) is 42.8 Å². The van der Waals surface area contributed by atoms with E-state index in [1.807, 2.05) is 43.7 Å². The molecule has 0 saturated carbocycles. The molecule has 0 bridgehead atoms. The van der Waals surface area contributed by atoms with Crippen LogP contribution < -0.4 is 14.8 Å². The van der Waals surface area contributed by atoms with E-state index in [4.69, 9.17) is 25.8 Å². The summed E-state index contributed by atoms with van der Waals surface area (Å²) in [6.07, 6.45) is 1.43. The van der Waals surface area contributed by atoms with Gasteiger partial charge >= 0.3 is 6.09 Å². The number of aromatic nitrogens is 1. The van der Waals surface area contributed by atoms with E-state index in [-0.39, 0.29) is 12.4 Å².